The lowest BCUT2D eigenvalue weighted by Crippen LogP contribution is -1.99. The van der Waals surface area contributed by atoms with Gasteiger partial charge in [-0.2, -0.15) is 5.26 Å². The second-order valence-corrected chi connectivity index (χ2v) is 5.87. The van der Waals surface area contributed by atoms with Gasteiger partial charge in [0.1, 0.15) is 11.9 Å². The highest BCUT2D eigenvalue weighted by atomic mass is 79.9. The summed E-state index contributed by atoms with van der Waals surface area (Å²) in [5, 5.41) is 9.37. The molecule has 3 rings (SSSR count). The molecule has 0 aliphatic carbocycles. The van der Waals surface area contributed by atoms with Crippen molar-refractivity contribution in [2.24, 2.45) is 0 Å². The van der Waals surface area contributed by atoms with Crippen molar-refractivity contribution in [1.29, 1.82) is 5.26 Å². The minimum Gasteiger partial charge on any atom is -0.330 e. The highest BCUT2D eigenvalue weighted by molar-refractivity contribution is 9.10. The quantitative estimate of drug-likeness (QED) is 0.634. The lowest BCUT2D eigenvalue weighted by atomic mass is 10.1. The second kappa shape index (κ2) is 5.10. The van der Waals surface area contributed by atoms with Crippen LogP contribution in [0.5, 0.6) is 0 Å². The molecular weight excluding hydrogens is 353 g/mol. The van der Waals surface area contributed by atoms with E-state index in [1.807, 2.05) is 19.1 Å². The Balaban J connectivity index is 2.44. The van der Waals surface area contributed by atoms with Crippen LogP contribution in [-0.4, -0.2) is 9.55 Å². The second-order valence-electron chi connectivity index (χ2n) is 4.63. The average Bonchev–Trinajstić information content (AvgIpc) is 2.74. The SMILES string of the molecule is Cc1cccc(-n2c(=S)[nH]c3cc(Br)c(F)cc32)c1C#N. The van der Waals surface area contributed by atoms with Gasteiger partial charge in [-0.05, 0) is 52.8 Å². The first-order valence-corrected chi connectivity index (χ1v) is 7.33. The number of nitriles is 1. The summed E-state index contributed by atoms with van der Waals surface area (Å²) in [7, 11) is 0. The Bertz CT molecular complexity index is 965. The minimum atomic E-state index is -0.378. The monoisotopic (exact) mass is 361 g/mol. The third kappa shape index (κ3) is 2.19. The zero-order chi connectivity index (χ0) is 15.1. The smallest absolute Gasteiger partial charge is 0.182 e. The van der Waals surface area contributed by atoms with Crippen LogP contribution in [0.3, 0.4) is 0 Å². The molecule has 3 nitrogen and oxygen atoms in total. The highest BCUT2D eigenvalue weighted by Gasteiger charge is 2.14. The van der Waals surface area contributed by atoms with Crippen LogP contribution >= 0.6 is 28.1 Å². The number of hydrogen-bond donors (Lipinski definition) is 1. The predicted octanol–water partition coefficient (Wildman–Crippen LogP) is 4.77. The lowest BCUT2D eigenvalue weighted by Gasteiger charge is -2.09. The number of aryl methyl sites for hydroxylation is 1. The third-order valence-corrected chi connectivity index (χ3v) is 4.22. The van der Waals surface area contributed by atoms with Gasteiger partial charge in [-0.1, -0.05) is 12.1 Å². The number of halogens is 2. The first kappa shape index (κ1) is 14.0. The van der Waals surface area contributed by atoms with E-state index in [0.29, 0.717) is 31.5 Å². The summed E-state index contributed by atoms with van der Waals surface area (Å²) in [6.45, 7) is 1.86. The molecule has 0 fully saturated rings. The van der Waals surface area contributed by atoms with Crippen LogP contribution in [0.2, 0.25) is 0 Å². The van der Waals surface area contributed by atoms with E-state index in [0.717, 1.165) is 5.56 Å². The number of fused-ring (bicyclic) bond motifs is 1. The van der Waals surface area contributed by atoms with Gasteiger partial charge in [0.2, 0.25) is 0 Å². The molecule has 1 aromatic heterocycles. The van der Waals surface area contributed by atoms with E-state index < -0.39 is 0 Å². The maximum atomic E-state index is 13.8. The van der Waals surface area contributed by atoms with Gasteiger partial charge in [-0.15, -0.1) is 0 Å². The normalized spacial score (nSPS) is 10.8. The molecule has 0 unspecified atom stereocenters. The van der Waals surface area contributed by atoms with Gasteiger partial charge in [-0.3, -0.25) is 4.57 Å². The first-order valence-electron chi connectivity index (χ1n) is 6.13. The van der Waals surface area contributed by atoms with Crippen molar-refractivity contribution in [3.8, 4) is 11.8 Å². The summed E-state index contributed by atoms with van der Waals surface area (Å²) in [6.07, 6.45) is 0. The van der Waals surface area contributed by atoms with Gasteiger partial charge in [0, 0.05) is 6.07 Å². The van der Waals surface area contributed by atoms with Crippen molar-refractivity contribution in [2.45, 2.75) is 6.92 Å². The Morgan fingerprint density at radius 2 is 2.14 bits per heavy atom. The summed E-state index contributed by atoms with van der Waals surface area (Å²) < 4.78 is 16.3. The fourth-order valence-electron chi connectivity index (χ4n) is 2.33. The minimum absolute atomic E-state index is 0.364. The van der Waals surface area contributed by atoms with Gasteiger partial charge >= 0.3 is 0 Å². The molecule has 3 aromatic rings. The van der Waals surface area contributed by atoms with E-state index >= 15 is 0 Å². The fraction of sp³-hybridized carbons (Fsp3) is 0.0667. The van der Waals surface area contributed by atoms with Crippen LogP contribution in [0, 0.1) is 28.8 Å². The van der Waals surface area contributed by atoms with Crippen molar-refractivity contribution >= 4 is 39.2 Å². The molecule has 2 aromatic carbocycles. The van der Waals surface area contributed by atoms with E-state index in [1.165, 1.54) is 6.07 Å². The van der Waals surface area contributed by atoms with Crippen molar-refractivity contribution in [3.05, 3.63) is 56.5 Å². The van der Waals surface area contributed by atoms with E-state index in [-0.39, 0.29) is 5.82 Å². The van der Waals surface area contributed by atoms with Crippen LogP contribution < -0.4 is 0 Å². The van der Waals surface area contributed by atoms with Gasteiger partial charge in [0.05, 0.1) is 26.8 Å². The van der Waals surface area contributed by atoms with E-state index in [2.05, 4.69) is 27.0 Å². The van der Waals surface area contributed by atoms with Crippen LogP contribution in [0.15, 0.2) is 34.8 Å². The molecule has 0 saturated heterocycles. The topological polar surface area (TPSA) is 44.5 Å². The maximum absolute atomic E-state index is 13.8. The zero-order valence-corrected chi connectivity index (χ0v) is 13.3. The summed E-state index contributed by atoms with van der Waals surface area (Å²) in [4.78, 5) is 3.04. The number of nitrogens with zero attached hydrogens (tertiary/aromatic N) is 2. The summed E-state index contributed by atoms with van der Waals surface area (Å²) in [5.74, 6) is -0.378. The van der Waals surface area contributed by atoms with Crippen LogP contribution in [0.1, 0.15) is 11.1 Å². The molecule has 0 radical (unpaired) electrons. The Labute approximate surface area is 133 Å². The van der Waals surface area contributed by atoms with E-state index in [9.17, 15) is 9.65 Å². The highest BCUT2D eigenvalue weighted by Crippen LogP contribution is 2.27. The molecule has 21 heavy (non-hydrogen) atoms. The number of aromatic nitrogens is 2. The van der Waals surface area contributed by atoms with Gasteiger partial charge in [0.15, 0.2) is 4.77 Å². The third-order valence-electron chi connectivity index (χ3n) is 3.33. The molecule has 0 bridgehead atoms. The Kier molecular flexibility index (Phi) is 3.40. The Hall–Kier alpha value is -1.97. The molecule has 0 spiro atoms. The molecule has 0 aliphatic heterocycles. The molecule has 0 saturated carbocycles. The number of H-pyrrole nitrogens is 1. The molecule has 104 valence electrons. The predicted molar refractivity (Wildman–Crippen MR) is 85.6 cm³/mol. The maximum Gasteiger partial charge on any atom is 0.182 e. The Morgan fingerprint density at radius 3 is 2.86 bits per heavy atom. The molecule has 1 heterocycles. The zero-order valence-electron chi connectivity index (χ0n) is 10.9. The molecule has 1 N–H and O–H groups in total. The molecule has 6 heteroatoms. The van der Waals surface area contributed by atoms with Crippen molar-refractivity contribution in [1.82, 2.24) is 9.55 Å². The first-order chi connectivity index (χ1) is 10.0. The number of rotatable bonds is 1. The van der Waals surface area contributed by atoms with Crippen molar-refractivity contribution in [2.75, 3.05) is 0 Å². The molecule has 0 atom stereocenters. The summed E-state index contributed by atoms with van der Waals surface area (Å²) in [6, 6.07) is 10.7. The number of hydrogen-bond acceptors (Lipinski definition) is 2. The number of aromatic amines is 1. The van der Waals surface area contributed by atoms with Crippen LogP contribution in [0.4, 0.5) is 4.39 Å². The van der Waals surface area contributed by atoms with Gasteiger partial charge in [-0.25, -0.2) is 4.39 Å². The standard InChI is InChI=1S/C15H9BrFN3S/c1-8-3-2-4-13(9(8)7-18)20-14-6-11(17)10(16)5-12(14)19-15(20)21/h2-6H,1H3,(H,19,21). The van der Waals surface area contributed by atoms with Gasteiger partial charge in [0.25, 0.3) is 0 Å². The van der Waals surface area contributed by atoms with Crippen LogP contribution in [-0.2, 0) is 0 Å². The van der Waals surface area contributed by atoms with E-state index in [4.69, 9.17) is 12.2 Å². The number of imidazole rings is 1. The lowest BCUT2D eigenvalue weighted by molar-refractivity contribution is 0.622. The Morgan fingerprint density at radius 1 is 1.38 bits per heavy atom. The average molecular weight is 362 g/mol. The van der Waals surface area contributed by atoms with Crippen molar-refractivity contribution < 1.29 is 4.39 Å². The summed E-state index contributed by atoms with van der Waals surface area (Å²) >= 11 is 8.49. The van der Waals surface area contributed by atoms with Crippen molar-refractivity contribution in [3.63, 3.8) is 0 Å². The van der Waals surface area contributed by atoms with E-state index in [1.54, 1.807) is 16.7 Å². The van der Waals surface area contributed by atoms with Gasteiger partial charge < -0.3 is 4.98 Å². The summed E-state index contributed by atoms with van der Waals surface area (Å²) in [5.41, 5.74) is 3.33. The number of nitrogens with one attached hydrogen (secondary N) is 1. The largest absolute Gasteiger partial charge is 0.330 e. The van der Waals surface area contributed by atoms with Crippen LogP contribution in [0.25, 0.3) is 16.7 Å². The molecule has 0 aliphatic rings. The molecule has 0 amide bonds. The fourth-order valence-corrected chi connectivity index (χ4v) is 2.98. The molecular formula is C15H9BrFN3S. The number of benzene rings is 2.